The number of hydrogen-bond acceptors (Lipinski definition) is 4. The first-order valence-corrected chi connectivity index (χ1v) is 9.89. The van der Waals surface area contributed by atoms with E-state index < -0.39 is 12.2 Å². The third-order valence-electron chi connectivity index (χ3n) is 5.00. The summed E-state index contributed by atoms with van der Waals surface area (Å²) < 4.78 is 0.901. The molecular weight excluding hydrogens is 418 g/mol. The van der Waals surface area contributed by atoms with Gasteiger partial charge in [0.15, 0.2) is 5.78 Å². The van der Waals surface area contributed by atoms with Gasteiger partial charge >= 0.3 is 0 Å². The fraction of sp³-hybridized carbons (Fsp3) is 0.400. The molecule has 1 aromatic carbocycles. The summed E-state index contributed by atoms with van der Waals surface area (Å²) in [7, 11) is 0. The smallest absolute Gasteiger partial charge is 0.163 e. The lowest BCUT2D eigenvalue weighted by molar-refractivity contribution is -0.0445. The van der Waals surface area contributed by atoms with Gasteiger partial charge in [-0.25, -0.2) is 0 Å². The Morgan fingerprint density at radius 2 is 2.04 bits per heavy atom. The first kappa shape index (κ1) is 19.5. The topological polar surface area (TPSA) is 70.4 Å². The van der Waals surface area contributed by atoms with Crippen LogP contribution in [0.3, 0.4) is 0 Å². The number of carbonyl (C=O) groups excluding carboxylic acids is 1. The Kier molecular flexibility index (Phi) is 6.46. The molecule has 1 aliphatic carbocycles. The standard InChI is InChI=1S/C20H21BrClNO3/c21-15-5-4-12(17(22)10-15)8-14-11-23-7-6-16(14)19(25)9-13-2-1-3-18(24)20(13)26/h4-7,10-11,13,18,20,24,26H,1-3,8-9H2/t13-,18+,20-/m1/s1. The van der Waals surface area contributed by atoms with E-state index in [9.17, 15) is 15.0 Å². The van der Waals surface area contributed by atoms with Crippen LogP contribution in [0.5, 0.6) is 0 Å². The number of hydrogen-bond donors (Lipinski definition) is 2. The maximum absolute atomic E-state index is 12.9. The van der Waals surface area contributed by atoms with Gasteiger partial charge in [-0.3, -0.25) is 9.78 Å². The molecule has 1 aliphatic rings. The maximum Gasteiger partial charge on any atom is 0.163 e. The zero-order valence-corrected chi connectivity index (χ0v) is 16.6. The van der Waals surface area contributed by atoms with Crippen molar-refractivity contribution < 1.29 is 15.0 Å². The number of Topliss-reactive ketones (excluding diaryl/α,β-unsaturated/α-hetero) is 1. The number of pyridine rings is 1. The summed E-state index contributed by atoms with van der Waals surface area (Å²) in [6.07, 6.45) is 4.63. The zero-order valence-electron chi connectivity index (χ0n) is 14.2. The van der Waals surface area contributed by atoms with Crippen LogP contribution in [0.4, 0.5) is 0 Å². The van der Waals surface area contributed by atoms with E-state index in [1.807, 2.05) is 18.2 Å². The van der Waals surface area contributed by atoms with Gasteiger partial charge in [0, 0.05) is 40.3 Å². The Labute approximate surface area is 166 Å². The molecule has 0 saturated heterocycles. The number of aliphatic hydroxyl groups excluding tert-OH is 2. The Bertz CT molecular complexity index is 798. The van der Waals surface area contributed by atoms with Gasteiger partial charge in [0.05, 0.1) is 12.2 Å². The molecule has 0 amide bonds. The summed E-state index contributed by atoms with van der Waals surface area (Å²) in [4.78, 5) is 17.0. The number of nitrogens with zero attached hydrogens (tertiary/aromatic N) is 1. The molecule has 1 fully saturated rings. The van der Waals surface area contributed by atoms with Crippen LogP contribution in [0, 0.1) is 5.92 Å². The van der Waals surface area contributed by atoms with Crippen molar-refractivity contribution in [2.24, 2.45) is 5.92 Å². The Hall–Kier alpha value is -1.27. The van der Waals surface area contributed by atoms with Gasteiger partial charge in [-0.2, -0.15) is 0 Å². The van der Waals surface area contributed by atoms with E-state index >= 15 is 0 Å². The second kappa shape index (κ2) is 8.61. The van der Waals surface area contributed by atoms with E-state index in [0.29, 0.717) is 23.4 Å². The summed E-state index contributed by atoms with van der Waals surface area (Å²) in [5, 5.41) is 20.6. The van der Waals surface area contributed by atoms with Gasteiger partial charge < -0.3 is 10.2 Å². The Morgan fingerprint density at radius 1 is 1.23 bits per heavy atom. The molecule has 138 valence electrons. The lowest BCUT2D eigenvalue weighted by Crippen LogP contribution is -2.38. The van der Waals surface area contributed by atoms with Gasteiger partial charge in [-0.05, 0) is 48.1 Å². The fourth-order valence-electron chi connectivity index (χ4n) is 3.53. The van der Waals surface area contributed by atoms with E-state index in [0.717, 1.165) is 28.4 Å². The maximum atomic E-state index is 12.9. The molecule has 4 nitrogen and oxygen atoms in total. The molecule has 2 aromatic rings. The zero-order chi connectivity index (χ0) is 18.7. The number of rotatable bonds is 5. The van der Waals surface area contributed by atoms with Gasteiger partial charge in [-0.1, -0.05) is 40.0 Å². The lowest BCUT2D eigenvalue weighted by atomic mass is 9.80. The van der Waals surface area contributed by atoms with Crippen molar-refractivity contribution in [2.45, 2.75) is 44.3 Å². The van der Waals surface area contributed by atoms with Crippen LogP contribution >= 0.6 is 27.5 Å². The molecule has 0 unspecified atom stereocenters. The normalized spacial score (nSPS) is 23.0. The van der Waals surface area contributed by atoms with Crippen LogP contribution in [0.2, 0.25) is 5.02 Å². The van der Waals surface area contributed by atoms with Crippen LogP contribution in [0.25, 0.3) is 0 Å². The summed E-state index contributed by atoms with van der Waals surface area (Å²) in [6, 6.07) is 7.39. The quantitative estimate of drug-likeness (QED) is 0.687. The molecule has 26 heavy (non-hydrogen) atoms. The molecule has 0 aliphatic heterocycles. The van der Waals surface area contributed by atoms with E-state index in [1.165, 1.54) is 0 Å². The monoisotopic (exact) mass is 437 g/mol. The van der Waals surface area contributed by atoms with Gasteiger partial charge in [0.2, 0.25) is 0 Å². The summed E-state index contributed by atoms with van der Waals surface area (Å²) >= 11 is 9.70. The van der Waals surface area contributed by atoms with E-state index in [-0.39, 0.29) is 18.1 Å². The average Bonchev–Trinajstić information content (AvgIpc) is 2.62. The Balaban J connectivity index is 1.79. The molecule has 6 heteroatoms. The number of aliphatic hydroxyl groups is 2. The minimum atomic E-state index is -0.834. The molecule has 2 N–H and O–H groups in total. The highest BCUT2D eigenvalue weighted by Crippen LogP contribution is 2.30. The molecule has 3 atom stereocenters. The Morgan fingerprint density at radius 3 is 2.81 bits per heavy atom. The molecule has 0 radical (unpaired) electrons. The molecule has 1 aromatic heterocycles. The summed E-state index contributed by atoms with van der Waals surface area (Å²) in [5.74, 6) is -0.239. The van der Waals surface area contributed by atoms with Crippen LogP contribution < -0.4 is 0 Å². The van der Waals surface area contributed by atoms with Gasteiger partial charge in [0.25, 0.3) is 0 Å². The lowest BCUT2D eigenvalue weighted by Gasteiger charge is -2.31. The van der Waals surface area contributed by atoms with Gasteiger partial charge in [-0.15, -0.1) is 0 Å². The van der Waals surface area contributed by atoms with Crippen molar-refractivity contribution in [3.8, 4) is 0 Å². The van der Waals surface area contributed by atoms with Crippen LogP contribution in [0.1, 0.15) is 47.2 Å². The largest absolute Gasteiger partial charge is 0.390 e. The van der Waals surface area contributed by atoms with Gasteiger partial charge in [0.1, 0.15) is 0 Å². The predicted molar refractivity (Wildman–Crippen MR) is 104 cm³/mol. The molecule has 3 rings (SSSR count). The van der Waals surface area contributed by atoms with Crippen molar-refractivity contribution >= 4 is 33.3 Å². The van der Waals surface area contributed by atoms with Crippen molar-refractivity contribution in [3.05, 3.63) is 62.8 Å². The summed E-state index contributed by atoms with van der Waals surface area (Å²) in [6.45, 7) is 0. The average molecular weight is 439 g/mol. The molecule has 1 saturated carbocycles. The van der Waals surface area contributed by atoms with Crippen molar-refractivity contribution in [1.29, 1.82) is 0 Å². The second-order valence-corrected chi connectivity index (χ2v) is 8.14. The fourth-order valence-corrected chi connectivity index (χ4v) is 4.27. The summed E-state index contributed by atoms with van der Waals surface area (Å²) in [5.41, 5.74) is 2.34. The van der Waals surface area contributed by atoms with Crippen LogP contribution in [-0.2, 0) is 6.42 Å². The van der Waals surface area contributed by atoms with E-state index in [4.69, 9.17) is 11.6 Å². The van der Waals surface area contributed by atoms with Crippen LogP contribution in [-0.4, -0.2) is 33.2 Å². The highest BCUT2D eigenvalue weighted by atomic mass is 79.9. The van der Waals surface area contributed by atoms with Crippen LogP contribution in [0.15, 0.2) is 41.1 Å². The van der Waals surface area contributed by atoms with Crippen molar-refractivity contribution in [2.75, 3.05) is 0 Å². The number of halogens is 2. The highest BCUT2D eigenvalue weighted by Gasteiger charge is 2.32. The first-order chi connectivity index (χ1) is 12.5. The van der Waals surface area contributed by atoms with E-state index in [1.54, 1.807) is 18.5 Å². The molecule has 1 heterocycles. The predicted octanol–water partition coefficient (Wildman–Crippen LogP) is 4.18. The van der Waals surface area contributed by atoms with E-state index in [2.05, 4.69) is 20.9 Å². The second-order valence-electron chi connectivity index (χ2n) is 6.82. The molecule has 0 spiro atoms. The molecule has 0 bridgehead atoms. The number of carbonyl (C=O) groups is 1. The minimum Gasteiger partial charge on any atom is -0.390 e. The minimum absolute atomic E-state index is 0.0335. The highest BCUT2D eigenvalue weighted by molar-refractivity contribution is 9.10. The molecular formula is C20H21BrClNO3. The number of benzene rings is 1. The third kappa shape index (κ3) is 4.52. The third-order valence-corrected chi connectivity index (χ3v) is 5.84. The number of ketones is 1. The van der Waals surface area contributed by atoms with Crippen molar-refractivity contribution in [1.82, 2.24) is 4.98 Å². The first-order valence-electron chi connectivity index (χ1n) is 8.72. The SMILES string of the molecule is O=C(C[C@H]1CCC[C@H](O)[C@@H]1O)c1ccncc1Cc1ccc(Br)cc1Cl. The van der Waals surface area contributed by atoms with Crippen molar-refractivity contribution in [3.63, 3.8) is 0 Å². The number of aromatic nitrogens is 1.